The lowest BCUT2D eigenvalue weighted by Crippen LogP contribution is -2.56. The van der Waals surface area contributed by atoms with E-state index in [-0.39, 0.29) is 17.9 Å². The lowest BCUT2D eigenvalue weighted by atomic mass is 10.0. The number of amides is 2. The van der Waals surface area contributed by atoms with Crippen LogP contribution in [-0.2, 0) is 0 Å². The molecule has 1 aliphatic heterocycles. The van der Waals surface area contributed by atoms with Gasteiger partial charge >= 0.3 is 0 Å². The Balaban J connectivity index is 1.32. The molecule has 33 heavy (non-hydrogen) atoms. The van der Waals surface area contributed by atoms with Crippen molar-refractivity contribution in [1.82, 2.24) is 24.6 Å². The van der Waals surface area contributed by atoms with E-state index in [0.29, 0.717) is 30.2 Å². The van der Waals surface area contributed by atoms with Crippen LogP contribution in [0.4, 0.5) is 0 Å². The number of carbonyl (C=O) groups is 2. The molecule has 1 saturated heterocycles. The minimum absolute atomic E-state index is 0.0406. The number of likely N-dealkylation sites (tertiary alicyclic amines) is 1. The van der Waals surface area contributed by atoms with E-state index in [4.69, 9.17) is 0 Å². The van der Waals surface area contributed by atoms with Crippen LogP contribution >= 0.6 is 22.7 Å². The van der Waals surface area contributed by atoms with Gasteiger partial charge in [-0.1, -0.05) is 29.8 Å². The Bertz CT molecular complexity index is 1380. The maximum absolute atomic E-state index is 13.4. The molecule has 1 unspecified atom stereocenters. The van der Waals surface area contributed by atoms with Crippen LogP contribution in [0.5, 0.6) is 0 Å². The second-order valence-corrected chi connectivity index (χ2v) is 10.5. The number of imidazole rings is 1. The van der Waals surface area contributed by atoms with Crippen molar-refractivity contribution in [1.29, 1.82) is 0 Å². The summed E-state index contributed by atoms with van der Waals surface area (Å²) in [5.74, 6) is -0.233. The number of aryl methyl sites for hydroxylation is 4. The maximum Gasteiger partial charge on any atom is 0.274 e. The zero-order valence-corrected chi connectivity index (χ0v) is 20.6. The number of nitrogens with zero attached hydrogens (tertiary/aromatic N) is 4. The molecule has 1 aliphatic rings. The fraction of sp³-hybridized carbons (Fsp3) is 0.333. The van der Waals surface area contributed by atoms with Crippen molar-refractivity contribution in [3.8, 4) is 10.4 Å². The molecule has 5 rings (SSSR count). The highest BCUT2D eigenvalue weighted by atomic mass is 32.1. The summed E-state index contributed by atoms with van der Waals surface area (Å²) in [5.41, 5.74) is 4.93. The highest BCUT2D eigenvalue weighted by molar-refractivity contribution is 7.15. The molecule has 0 spiro atoms. The van der Waals surface area contributed by atoms with Crippen LogP contribution in [0.3, 0.4) is 0 Å². The van der Waals surface area contributed by atoms with Crippen LogP contribution in [0.2, 0.25) is 0 Å². The Morgan fingerprint density at radius 3 is 2.73 bits per heavy atom. The van der Waals surface area contributed by atoms with Crippen LogP contribution in [0, 0.1) is 27.7 Å². The van der Waals surface area contributed by atoms with E-state index in [0.717, 1.165) is 38.1 Å². The molecule has 9 heteroatoms. The monoisotopic (exact) mass is 479 g/mol. The van der Waals surface area contributed by atoms with Gasteiger partial charge in [0.2, 0.25) is 0 Å². The van der Waals surface area contributed by atoms with Crippen LogP contribution in [-0.4, -0.2) is 50.2 Å². The first-order valence-corrected chi connectivity index (χ1v) is 12.6. The van der Waals surface area contributed by atoms with Gasteiger partial charge < -0.3 is 10.2 Å². The number of hydrogen-bond acceptors (Lipinski definition) is 6. The fourth-order valence-corrected chi connectivity index (χ4v) is 6.09. The average Bonchev–Trinajstić information content (AvgIpc) is 3.41. The minimum atomic E-state index is -0.161. The largest absolute Gasteiger partial charge is 0.349 e. The molecule has 0 aliphatic carbocycles. The van der Waals surface area contributed by atoms with Gasteiger partial charge in [0.15, 0.2) is 4.96 Å². The topological polar surface area (TPSA) is 79.6 Å². The zero-order chi connectivity index (χ0) is 23.3. The summed E-state index contributed by atoms with van der Waals surface area (Å²) < 4.78 is 1.89. The zero-order valence-electron chi connectivity index (χ0n) is 19.0. The predicted molar refractivity (Wildman–Crippen MR) is 131 cm³/mol. The Labute approximate surface area is 200 Å². The Hall–Kier alpha value is -3.04. The maximum atomic E-state index is 13.4. The van der Waals surface area contributed by atoms with E-state index in [9.17, 15) is 9.59 Å². The molecule has 1 atom stereocenters. The Morgan fingerprint density at radius 1 is 1.18 bits per heavy atom. The second-order valence-electron chi connectivity index (χ2n) is 8.47. The third kappa shape index (κ3) is 3.85. The SMILES string of the molecule is Cc1cccc(-c2sc(C)nc2C(=O)N2CCC2CNC(=O)c2c(C)nc3scc(C)n23)c1. The van der Waals surface area contributed by atoms with Gasteiger partial charge in [0.1, 0.15) is 11.4 Å². The second kappa shape index (κ2) is 8.39. The molecular formula is C24H25N5O2S2. The molecule has 2 amide bonds. The molecule has 0 saturated carbocycles. The summed E-state index contributed by atoms with van der Waals surface area (Å²) >= 11 is 3.07. The number of thiazole rings is 2. The molecule has 3 aromatic heterocycles. The molecule has 170 valence electrons. The van der Waals surface area contributed by atoms with Gasteiger partial charge in [0, 0.05) is 24.2 Å². The van der Waals surface area contributed by atoms with E-state index >= 15 is 0 Å². The number of carbonyl (C=O) groups excluding carboxylic acids is 2. The smallest absolute Gasteiger partial charge is 0.274 e. The quantitative estimate of drug-likeness (QED) is 0.460. The summed E-state index contributed by atoms with van der Waals surface area (Å²) in [6.45, 7) is 8.86. The molecular weight excluding hydrogens is 454 g/mol. The van der Waals surface area contributed by atoms with Crippen molar-refractivity contribution in [2.45, 2.75) is 40.2 Å². The first kappa shape index (κ1) is 21.8. The van der Waals surface area contributed by atoms with Crippen molar-refractivity contribution < 1.29 is 9.59 Å². The van der Waals surface area contributed by atoms with E-state index < -0.39 is 0 Å². The molecule has 4 aromatic rings. The van der Waals surface area contributed by atoms with Crippen molar-refractivity contribution in [2.24, 2.45) is 0 Å². The van der Waals surface area contributed by atoms with Crippen LogP contribution in [0.15, 0.2) is 29.6 Å². The van der Waals surface area contributed by atoms with Crippen molar-refractivity contribution >= 4 is 39.4 Å². The number of fused-ring (bicyclic) bond motifs is 1. The summed E-state index contributed by atoms with van der Waals surface area (Å²) in [6.07, 6.45) is 0.854. The average molecular weight is 480 g/mol. The fourth-order valence-electron chi connectivity index (χ4n) is 4.27. The van der Waals surface area contributed by atoms with Gasteiger partial charge in [-0.25, -0.2) is 9.97 Å². The molecule has 1 aromatic carbocycles. The summed E-state index contributed by atoms with van der Waals surface area (Å²) in [6, 6.07) is 8.10. The number of benzene rings is 1. The first-order chi connectivity index (χ1) is 15.8. The third-order valence-corrected chi connectivity index (χ3v) is 8.01. The predicted octanol–water partition coefficient (Wildman–Crippen LogP) is 4.40. The van der Waals surface area contributed by atoms with Crippen LogP contribution < -0.4 is 5.32 Å². The van der Waals surface area contributed by atoms with Crippen molar-refractivity contribution in [3.63, 3.8) is 0 Å². The minimum Gasteiger partial charge on any atom is -0.349 e. The third-order valence-electron chi connectivity index (χ3n) is 6.04. The van der Waals surface area contributed by atoms with Gasteiger partial charge in [-0.3, -0.25) is 14.0 Å². The Kier molecular flexibility index (Phi) is 5.54. The highest BCUT2D eigenvalue weighted by Crippen LogP contribution is 2.33. The van der Waals surface area contributed by atoms with Gasteiger partial charge in [-0.15, -0.1) is 22.7 Å². The highest BCUT2D eigenvalue weighted by Gasteiger charge is 2.35. The normalized spacial score (nSPS) is 15.6. The molecule has 0 bridgehead atoms. The van der Waals surface area contributed by atoms with Gasteiger partial charge in [0.25, 0.3) is 11.8 Å². The van der Waals surface area contributed by atoms with E-state index in [2.05, 4.69) is 21.4 Å². The van der Waals surface area contributed by atoms with E-state index in [1.54, 1.807) is 11.3 Å². The number of nitrogens with one attached hydrogen (secondary N) is 1. The molecule has 1 N–H and O–H groups in total. The Morgan fingerprint density at radius 2 is 2.00 bits per heavy atom. The van der Waals surface area contributed by atoms with Crippen molar-refractivity contribution in [2.75, 3.05) is 13.1 Å². The van der Waals surface area contributed by atoms with E-state index in [1.165, 1.54) is 11.3 Å². The van der Waals surface area contributed by atoms with Crippen LogP contribution in [0.1, 0.15) is 49.4 Å². The van der Waals surface area contributed by atoms with Crippen LogP contribution in [0.25, 0.3) is 15.4 Å². The van der Waals surface area contributed by atoms with Gasteiger partial charge in [-0.2, -0.15) is 0 Å². The molecule has 0 radical (unpaired) electrons. The summed E-state index contributed by atoms with van der Waals surface area (Å²) in [7, 11) is 0. The van der Waals surface area contributed by atoms with Gasteiger partial charge in [0.05, 0.1) is 21.6 Å². The lowest BCUT2D eigenvalue weighted by molar-refractivity contribution is 0.0451. The lowest BCUT2D eigenvalue weighted by Gasteiger charge is -2.40. The molecule has 4 heterocycles. The van der Waals surface area contributed by atoms with Gasteiger partial charge in [-0.05, 0) is 39.7 Å². The first-order valence-electron chi connectivity index (χ1n) is 10.9. The molecule has 1 fully saturated rings. The number of aromatic nitrogens is 3. The summed E-state index contributed by atoms with van der Waals surface area (Å²) in [4.78, 5) is 39.0. The standard InChI is InChI=1S/C24H25N5O2S2/c1-13-6-5-7-17(10-13)21-19(27-16(4)33-21)23(31)28-9-8-18(28)11-25-22(30)20-15(3)26-24-29(20)14(2)12-32-24/h5-7,10,12,18H,8-9,11H2,1-4H3,(H,25,30). The number of hydrogen-bond donors (Lipinski definition) is 1. The summed E-state index contributed by atoms with van der Waals surface area (Å²) in [5, 5.41) is 5.89. The van der Waals surface area contributed by atoms with E-state index in [1.807, 2.05) is 60.6 Å². The van der Waals surface area contributed by atoms with Crippen molar-refractivity contribution in [3.05, 3.63) is 63.0 Å². The number of rotatable bonds is 5. The molecule has 7 nitrogen and oxygen atoms in total.